The van der Waals surface area contributed by atoms with Gasteiger partial charge >= 0.3 is 0 Å². The van der Waals surface area contributed by atoms with E-state index in [9.17, 15) is 0 Å². The molecule has 1 aliphatic rings. The predicted octanol–water partition coefficient (Wildman–Crippen LogP) is 2.81. The van der Waals surface area contributed by atoms with Crippen LogP contribution in [0, 0.1) is 0 Å². The molecule has 0 spiro atoms. The number of rotatable bonds is 2. The highest BCUT2D eigenvalue weighted by molar-refractivity contribution is 4.94. The summed E-state index contributed by atoms with van der Waals surface area (Å²) in [5, 5.41) is 0. The van der Waals surface area contributed by atoms with Crippen molar-refractivity contribution in [3.05, 3.63) is 18.2 Å². The molecule has 0 amide bonds. The average molecular weight is 209 g/mol. The lowest BCUT2D eigenvalue weighted by Gasteiger charge is -2.25. The Morgan fingerprint density at radius 3 is 2.47 bits per heavy atom. The van der Waals surface area contributed by atoms with Gasteiger partial charge in [0.05, 0.1) is 6.33 Å². The second-order valence-corrected chi connectivity index (χ2v) is 4.12. The highest BCUT2D eigenvalue weighted by atomic mass is 15.1. The number of nitrogens with one attached hydrogen (secondary N) is 1. The minimum Gasteiger partial charge on any atom is -0.347 e. The van der Waals surface area contributed by atoms with Gasteiger partial charge in [0.2, 0.25) is 0 Å². The summed E-state index contributed by atoms with van der Waals surface area (Å²) in [6.45, 7) is 7.79. The summed E-state index contributed by atoms with van der Waals surface area (Å²) >= 11 is 0. The molecule has 0 aromatic carbocycles. The average Bonchev–Trinajstić information content (AvgIpc) is 2.73. The molecule has 2 rings (SSSR count). The van der Waals surface area contributed by atoms with Crippen molar-refractivity contribution in [2.24, 2.45) is 0 Å². The molecule has 3 nitrogen and oxygen atoms in total. The lowest BCUT2D eigenvalue weighted by atomic mass is 10.1. The summed E-state index contributed by atoms with van der Waals surface area (Å²) < 4.78 is 0. The van der Waals surface area contributed by atoms with E-state index in [1.165, 1.54) is 44.5 Å². The van der Waals surface area contributed by atoms with Crippen molar-refractivity contribution < 1.29 is 0 Å². The fraction of sp³-hybridized carbons (Fsp3) is 0.750. The SMILES string of the molecule is CCC.c1ncc(CN2CCCCC2)[nH]1. The van der Waals surface area contributed by atoms with E-state index in [0.29, 0.717) is 0 Å². The van der Waals surface area contributed by atoms with Gasteiger partial charge < -0.3 is 4.98 Å². The summed E-state index contributed by atoms with van der Waals surface area (Å²) in [4.78, 5) is 9.62. The molecule has 1 aromatic heterocycles. The van der Waals surface area contributed by atoms with Crippen LogP contribution in [0.4, 0.5) is 0 Å². The van der Waals surface area contributed by atoms with E-state index < -0.39 is 0 Å². The van der Waals surface area contributed by atoms with E-state index in [0.717, 1.165) is 6.54 Å². The van der Waals surface area contributed by atoms with Gasteiger partial charge in [-0.1, -0.05) is 26.7 Å². The zero-order valence-electron chi connectivity index (χ0n) is 10.00. The molecule has 1 fully saturated rings. The second kappa shape index (κ2) is 7.46. The molecular weight excluding hydrogens is 186 g/mol. The third kappa shape index (κ3) is 4.98. The Balaban J connectivity index is 0.000000337. The monoisotopic (exact) mass is 209 g/mol. The summed E-state index contributed by atoms with van der Waals surface area (Å²) in [5.74, 6) is 0. The zero-order valence-corrected chi connectivity index (χ0v) is 10.00. The van der Waals surface area contributed by atoms with Crippen LogP contribution in [-0.2, 0) is 6.54 Å². The third-order valence-corrected chi connectivity index (χ3v) is 2.40. The number of H-pyrrole nitrogens is 1. The van der Waals surface area contributed by atoms with Crippen LogP contribution < -0.4 is 0 Å². The largest absolute Gasteiger partial charge is 0.347 e. The maximum Gasteiger partial charge on any atom is 0.0922 e. The molecule has 15 heavy (non-hydrogen) atoms. The first-order chi connectivity index (χ1) is 7.36. The molecule has 0 radical (unpaired) electrons. The Morgan fingerprint density at radius 2 is 1.93 bits per heavy atom. The summed E-state index contributed by atoms with van der Waals surface area (Å²) in [6.07, 6.45) is 9.02. The zero-order chi connectivity index (χ0) is 10.9. The van der Waals surface area contributed by atoms with Gasteiger partial charge in [-0.05, 0) is 25.9 Å². The molecule has 3 heteroatoms. The van der Waals surface area contributed by atoms with Crippen LogP contribution in [-0.4, -0.2) is 28.0 Å². The minimum atomic E-state index is 1.04. The van der Waals surface area contributed by atoms with Gasteiger partial charge in [0.25, 0.3) is 0 Å². The fourth-order valence-electron chi connectivity index (χ4n) is 1.73. The van der Waals surface area contributed by atoms with E-state index in [2.05, 4.69) is 28.7 Å². The van der Waals surface area contributed by atoms with Crippen molar-refractivity contribution in [2.75, 3.05) is 13.1 Å². The third-order valence-electron chi connectivity index (χ3n) is 2.40. The van der Waals surface area contributed by atoms with Crippen molar-refractivity contribution in [2.45, 2.75) is 46.1 Å². The minimum absolute atomic E-state index is 1.04. The second-order valence-electron chi connectivity index (χ2n) is 4.12. The van der Waals surface area contributed by atoms with Crippen molar-refractivity contribution in [1.29, 1.82) is 0 Å². The highest BCUT2D eigenvalue weighted by Gasteiger charge is 2.10. The number of piperidine rings is 1. The smallest absolute Gasteiger partial charge is 0.0922 e. The van der Waals surface area contributed by atoms with Gasteiger partial charge in [-0.3, -0.25) is 4.90 Å². The van der Waals surface area contributed by atoms with E-state index in [1.807, 2.05) is 6.20 Å². The molecule has 1 aromatic rings. The number of hydrogen-bond donors (Lipinski definition) is 1. The van der Waals surface area contributed by atoms with E-state index in [4.69, 9.17) is 0 Å². The molecule has 0 saturated carbocycles. The van der Waals surface area contributed by atoms with Gasteiger partial charge in [0.1, 0.15) is 0 Å². The number of nitrogens with zero attached hydrogens (tertiary/aromatic N) is 2. The fourth-order valence-corrected chi connectivity index (χ4v) is 1.73. The van der Waals surface area contributed by atoms with Crippen LogP contribution in [0.2, 0.25) is 0 Å². The number of aromatic nitrogens is 2. The summed E-state index contributed by atoms with van der Waals surface area (Å²) in [7, 11) is 0. The van der Waals surface area contributed by atoms with Crippen LogP contribution in [0.25, 0.3) is 0 Å². The number of likely N-dealkylation sites (tertiary alicyclic amines) is 1. The van der Waals surface area contributed by atoms with Gasteiger partial charge in [-0.2, -0.15) is 0 Å². The van der Waals surface area contributed by atoms with Gasteiger partial charge in [0, 0.05) is 18.4 Å². The topological polar surface area (TPSA) is 31.9 Å². The lowest BCUT2D eigenvalue weighted by Crippen LogP contribution is -2.29. The maximum atomic E-state index is 4.01. The number of aromatic amines is 1. The van der Waals surface area contributed by atoms with Crippen molar-refractivity contribution in [1.82, 2.24) is 14.9 Å². The van der Waals surface area contributed by atoms with E-state index in [-0.39, 0.29) is 0 Å². The standard InChI is InChI=1S/C9H15N3.C3H8/c1-2-4-12(5-3-1)7-9-6-10-8-11-9;1-3-2/h6,8H,1-5,7H2,(H,10,11);3H2,1-2H3. The van der Waals surface area contributed by atoms with Crippen LogP contribution >= 0.6 is 0 Å². The first kappa shape index (κ1) is 12.2. The van der Waals surface area contributed by atoms with Crippen LogP contribution in [0.3, 0.4) is 0 Å². The lowest BCUT2D eigenvalue weighted by molar-refractivity contribution is 0.219. The molecule has 1 saturated heterocycles. The Hall–Kier alpha value is -0.830. The molecule has 1 aliphatic heterocycles. The van der Waals surface area contributed by atoms with Crippen LogP contribution in [0.15, 0.2) is 12.5 Å². The predicted molar refractivity (Wildman–Crippen MR) is 63.7 cm³/mol. The quantitative estimate of drug-likeness (QED) is 0.812. The molecule has 0 bridgehead atoms. The molecule has 1 N–H and O–H groups in total. The van der Waals surface area contributed by atoms with E-state index >= 15 is 0 Å². The van der Waals surface area contributed by atoms with Crippen molar-refractivity contribution in [3.63, 3.8) is 0 Å². The molecule has 0 aliphatic carbocycles. The highest BCUT2D eigenvalue weighted by Crippen LogP contribution is 2.10. The summed E-state index contributed by atoms with van der Waals surface area (Å²) in [5.41, 5.74) is 1.23. The molecular formula is C12H23N3. The van der Waals surface area contributed by atoms with Gasteiger partial charge in [-0.25, -0.2) is 4.98 Å². The van der Waals surface area contributed by atoms with Crippen molar-refractivity contribution in [3.8, 4) is 0 Å². The number of hydrogen-bond acceptors (Lipinski definition) is 2. The first-order valence-corrected chi connectivity index (χ1v) is 6.06. The first-order valence-electron chi connectivity index (χ1n) is 6.06. The molecule has 86 valence electrons. The van der Waals surface area contributed by atoms with Gasteiger partial charge in [-0.15, -0.1) is 0 Å². The maximum absolute atomic E-state index is 4.01. The summed E-state index contributed by atoms with van der Waals surface area (Å²) in [6, 6.07) is 0. The Morgan fingerprint density at radius 1 is 1.27 bits per heavy atom. The molecule has 0 unspecified atom stereocenters. The molecule has 2 heterocycles. The van der Waals surface area contributed by atoms with Crippen LogP contribution in [0.5, 0.6) is 0 Å². The van der Waals surface area contributed by atoms with E-state index in [1.54, 1.807) is 6.33 Å². The Labute approximate surface area is 92.9 Å². The number of imidazole rings is 1. The van der Waals surface area contributed by atoms with Gasteiger partial charge in [0.15, 0.2) is 0 Å². The van der Waals surface area contributed by atoms with Crippen molar-refractivity contribution >= 4 is 0 Å². The normalized spacial score (nSPS) is 16.9. The Bertz CT molecular complexity index is 225. The van der Waals surface area contributed by atoms with Crippen LogP contribution in [0.1, 0.15) is 45.2 Å². The Kier molecular flexibility index (Phi) is 6.09. The molecule has 0 atom stereocenters.